The Balaban J connectivity index is 2.54. The van der Waals surface area contributed by atoms with Crippen molar-refractivity contribution in [2.45, 2.75) is 0 Å². The molecule has 2 aromatic heterocycles. The monoisotopic (exact) mass is 177 g/mol. The first-order valence-corrected chi connectivity index (χ1v) is 3.69. The zero-order chi connectivity index (χ0) is 9.26. The number of hydrogen-bond donors (Lipinski definition) is 3. The third-order valence-electron chi connectivity index (χ3n) is 1.70. The third-order valence-corrected chi connectivity index (χ3v) is 1.70. The Hall–Kier alpha value is -2.04. The van der Waals surface area contributed by atoms with Gasteiger partial charge in [-0.1, -0.05) is 0 Å². The number of rotatable bonds is 1. The van der Waals surface area contributed by atoms with E-state index in [1.807, 2.05) is 0 Å². The van der Waals surface area contributed by atoms with Crippen LogP contribution in [0, 0.1) is 0 Å². The average molecular weight is 177 g/mol. The summed E-state index contributed by atoms with van der Waals surface area (Å²) in [6, 6.07) is 3.39. The van der Waals surface area contributed by atoms with Crippen molar-refractivity contribution in [3.05, 3.63) is 24.5 Å². The van der Waals surface area contributed by atoms with E-state index in [2.05, 4.69) is 15.3 Å². The van der Waals surface area contributed by atoms with Crippen molar-refractivity contribution < 1.29 is 9.90 Å². The Labute approximate surface area is 73.4 Å². The Bertz CT molecular complexity index is 449. The maximum absolute atomic E-state index is 10.4. The molecule has 0 atom stereocenters. The van der Waals surface area contributed by atoms with Gasteiger partial charge in [-0.3, -0.25) is 5.32 Å². The van der Waals surface area contributed by atoms with E-state index in [9.17, 15) is 4.79 Å². The molecule has 0 radical (unpaired) electrons. The Morgan fingerprint density at radius 2 is 2.38 bits per heavy atom. The van der Waals surface area contributed by atoms with E-state index in [-0.39, 0.29) is 0 Å². The summed E-state index contributed by atoms with van der Waals surface area (Å²) in [4.78, 5) is 17.3. The smallest absolute Gasteiger partial charge is 0.409 e. The van der Waals surface area contributed by atoms with Crippen LogP contribution in [0.4, 0.5) is 10.5 Å². The first-order valence-electron chi connectivity index (χ1n) is 3.69. The second-order valence-corrected chi connectivity index (χ2v) is 2.53. The van der Waals surface area contributed by atoms with Crippen molar-refractivity contribution >= 4 is 22.8 Å². The van der Waals surface area contributed by atoms with E-state index in [4.69, 9.17) is 5.11 Å². The Morgan fingerprint density at radius 1 is 1.54 bits per heavy atom. The SMILES string of the molecule is O=C(O)Nc1ccnc2[nH]ccc12. The summed E-state index contributed by atoms with van der Waals surface area (Å²) < 4.78 is 0. The van der Waals surface area contributed by atoms with E-state index in [1.54, 1.807) is 24.5 Å². The van der Waals surface area contributed by atoms with Crippen LogP contribution in [0.25, 0.3) is 11.0 Å². The molecule has 0 saturated carbocycles. The predicted molar refractivity (Wildman–Crippen MR) is 47.7 cm³/mol. The highest BCUT2D eigenvalue weighted by Crippen LogP contribution is 2.19. The van der Waals surface area contributed by atoms with Crippen molar-refractivity contribution in [2.75, 3.05) is 5.32 Å². The van der Waals surface area contributed by atoms with Crippen LogP contribution in [0.1, 0.15) is 0 Å². The minimum Gasteiger partial charge on any atom is -0.465 e. The van der Waals surface area contributed by atoms with Gasteiger partial charge in [0.25, 0.3) is 0 Å². The summed E-state index contributed by atoms with van der Waals surface area (Å²) in [6.45, 7) is 0. The molecule has 2 rings (SSSR count). The van der Waals surface area contributed by atoms with Gasteiger partial charge >= 0.3 is 6.09 Å². The molecule has 5 heteroatoms. The number of nitrogens with one attached hydrogen (secondary N) is 2. The maximum atomic E-state index is 10.4. The number of H-pyrrole nitrogens is 1. The van der Waals surface area contributed by atoms with Crippen LogP contribution < -0.4 is 5.32 Å². The molecule has 0 spiro atoms. The summed E-state index contributed by atoms with van der Waals surface area (Å²) in [6.07, 6.45) is 2.18. The molecule has 2 heterocycles. The lowest BCUT2D eigenvalue weighted by Gasteiger charge is -2.00. The Kier molecular flexibility index (Phi) is 1.63. The molecule has 66 valence electrons. The largest absolute Gasteiger partial charge is 0.465 e. The van der Waals surface area contributed by atoms with E-state index in [1.165, 1.54) is 0 Å². The molecule has 2 aromatic rings. The quantitative estimate of drug-likeness (QED) is 0.619. The number of nitrogens with zero attached hydrogens (tertiary/aromatic N) is 1. The highest BCUT2D eigenvalue weighted by atomic mass is 16.4. The minimum atomic E-state index is -1.08. The van der Waals surface area contributed by atoms with Gasteiger partial charge in [0.2, 0.25) is 0 Å². The molecular formula is C8H7N3O2. The molecule has 0 aliphatic heterocycles. The van der Waals surface area contributed by atoms with Crippen LogP contribution in [-0.4, -0.2) is 21.2 Å². The highest BCUT2D eigenvalue weighted by molar-refractivity contribution is 5.96. The molecule has 0 saturated heterocycles. The molecule has 13 heavy (non-hydrogen) atoms. The molecular weight excluding hydrogens is 170 g/mol. The molecule has 0 unspecified atom stereocenters. The fraction of sp³-hybridized carbons (Fsp3) is 0. The summed E-state index contributed by atoms with van der Waals surface area (Å²) in [7, 11) is 0. The van der Waals surface area contributed by atoms with Crippen LogP contribution in [0.15, 0.2) is 24.5 Å². The molecule has 1 amide bonds. The van der Waals surface area contributed by atoms with Crippen molar-refractivity contribution in [2.24, 2.45) is 0 Å². The van der Waals surface area contributed by atoms with Gasteiger partial charge < -0.3 is 10.1 Å². The van der Waals surface area contributed by atoms with Gasteiger partial charge in [0.1, 0.15) is 5.65 Å². The van der Waals surface area contributed by atoms with Crippen molar-refractivity contribution in [1.29, 1.82) is 0 Å². The molecule has 3 N–H and O–H groups in total. The average Bonchev–Trinajstić information content (AvgIpc) is 2.51. The minimum absolute atomic E-state index is 0.541. The van der Waals surface area contributed by atoms with Crippen LogP contribution in [0.3, 0.4) is 0 Å². The normalized spacial score (nSPS) is 10.2. The number of hydrogen-bond acceptors (Lipinski definition) is 2. The summed E-state index contributed by atoms with van der Waals surface area (Å²) in [5.74, 6) is 0. The van der Waals surface area contributed by atoms with Gasteiger partial charge in [-0.2, -0.15) is 0 Å². The van der Waals surface area contributed by atoms with E-state index >= 15 is 0 Å². The third kappa shape index (κ3) is 1.31. The standard InChI is InChI=1S/C8H7N3O2/c12-8(13)11-6-2-4-10-7-5(6)1-3-9-7/h1-4H,(H,12,13)(H2,9,10,11). The lowest BCUT2D eigenvalue weighted by Crippen LogP contribution is -2.07. The molecule has 0 aliphatic rings. The van der Waals surface area contributed by atoms with Gasteiger partial charge in [0.05, 0.1) is 5.69 Å². The van der Waals surface area contributed by atoms with E-state index in [0.29, 0.717) is 11.3 Å². The first-order chi connectivity index (χ1) is 6.27. The molecule has 0 bridgehead atoms. The van der Waals surface area contributed by atoms with Gasteiger partial charge in [-0.15, -0.1) is 0 Å². The molecule has 0 aliphatic carbocycles. The number of amides is 1. The second kappa shape index (κ2) is 2.78. The van der Waals surface area contributed by atoms with Crippen LogP contribution in [0.5, 0.6) is 0 Å². The second-order valence-electron chi connectivity index (χ2n) is 2.53. The van der Waals surface area contributed by atoms with Crippen molar-refractivity contribution in [3.8, 4) is 0 Å². The topological polar surface area (TPSA) is 78.0 Å². The van der Waals surface area contributed by atoms with Crippen molar-refractivity contribution in [1.82, 2.24) is 9.97 Å². The number of carboxylic acid groups (broad SMARTS) is 1. The van der Waals surface area contributed by atoms with Crippen LogP contribution in [0.2, 0.25) is 0 Å². The number of anilines is 1. The fourth-order valence-corrected chi connectivity index (χ4v) is 1.19. The molecule has 0 aromatic carbocycles. The zero-order valence-electron chi connectivity index (χ0n) is 6.61. The Morgan fingerprint density at radius 3 is 3.15 bits per heavy atom. The fourth-order valence-electron chi connectivity index (χ4n) is 1.19. The number of carbonyl (C=O) groups is 1. The van der Waals surface area contributed by atoms with Gasteiger partial charge in [-0.25, -0.2) is 9.78 Å². The lowest BCUT2D eigenvalue weighted by atomic mass is 10.3. The number of aromatic nitrogens is 2. The maximum Gasteiger partial charge on any atom is 0.409 e. The highest BCUT2D eigenvalue weighted by Gasteiger charge is 2.04. The van der Waals surface area contributed by atoms with Crippen LogP contribution >= 0.6 is 0 Å². The van der Waals surface area contributed by atoms with Gasteiger partial charge in [0, 0.05) is 17.8 Å². The molecule has 5 nitrogen and oxygen atoms in total. The van der Waals surface area contributed by atoms with Gasteiger partial charge in [0.15, 0.2) is 0 Å². The van der Waals surface area contributed by atoms with Crippen molar-refractivity contribution in [3.63, 3.8) is 0 Å². The summed E-state index contributed by atoms with van der Waals surface area (Å²) >= 11 is 0. The lowest BCUT2D eigenvalue weighted by molar-refractivity contribution is 0.210. The summed E-state index contributed by atoms with van der Waals surface area (Å²) in [5.41, 5.74) is 1.21. The molecule has 0 fully saturated rings. The number of fused-ring (bicyclic) bond motifs is 1. The van der Waals surface area contributed by atoms with Crippen LogP contribution in [-0.2, 0) is 0 Å². The first kappa shape index (κ1) is 7.60. The van der Waals surface area contributed by atoms with Gasteiger partial charge in [-0.05, 0) is 12.1 Å². The number of pyridine rings is 1. The predicted octanol–water partition coefficient (Wildman–Crippen LogP) is 1.65. The summed E-state index contributed by atoms with van der Waals surface area (Å²) in [5, 5.41) is 11.6. The van der Waals surface area contributed by atoms with E-state index < -0.39 is 6.09 Å². The zero-order valence-corrected chi connectivity index (χ0v) is 6.61. The van der Waals surface area contributed by atoms with E-state index in [0.717, 1.165) is 5.39 Å². The number of aromatic amines is 1.